The normalized spacial score (nSPS) is 11.8. The second-order valence-electron chi connectivity index (χ2n) is 5.31. The molecule has 1 aromatic carbocycles. The monoisotopic (exact) mass is 338 g/mol. The number of anilines is 2. The van der Waals surface area contributed by atoms with E-state index in [-0.39, 0.29) is 32.1 Å². The van der Waals surface area contributed by atoms with Crippen LogP contribution in [0.25, 0.3) is 10.9 Å². The number of rotatable bonds is 8. The Labute approximate surface area is 143 Å². The van der Waals surface area contributed by atoms with Crippen molar-refractivity contribution in [1.29, 1.82) is 0 Å². The van der Waals surface area contributed by atoms with Crippen LogP contribution >= 0.6 is 13.5 Å². The van der Waals surface area contributed by atoms with Crippen LogP contribution < -0.4 is 15.8 Å². The van der Waals surface area contributed by atoms with E-state index in [0.29, 0.717) is 12.2 Å². The van der Waals surface area contributed by atoms with Crippen LogP contribution in [0.15, 0.2) is 18.2 Å². The standard InChI is InChI=1S/C16H24N4O2.H2S/c1-3-4-5-11(8-9-21)18-15-13-7-6-12(22-2)10-14(13)19-16(17)20-15;/h6-7,10-11,21H,3-5,8-9H2,1-2H3,(H3,17,18,19,20);1H2/t11-;/m0./s1. The zero-order chi connectivity index (χ0) is 15.9. The first-order valence-corrected chi connectivity index (χ1v) is 7.66. The zero-order valence-electron chi connectivity index (χ0n) is 13.7. The Hall–Kier alpha value is -1.73. The van der Waals surface area contributed by atoms with Gasteiger partial charge in [0.25, 0.3) is 0 Å². The maximum atomic E-state index is 9.24. The Morgan fingerprint density at radius 3 is 2.74 bits per heavy atom. The van der Waals surface area contributed by atoms with Crippen molar-refractivity contribution in [2.45, 2.75) is 38.6 Å². The number of unbranched alkanes of at least 4 members (excludes halogenated alkanes) is 1. The third-order valence-electron chi connectivity index (χ3n) is 3.65. The van der Waals surface area contributed by atoms with E-state index in [1.807, 2.05) is 18.2 Å². The zero-order valence-corrected chi connectivity index (χ0v) is 14.7. The largest absolute Gasteiger partial charge is 0.497 e. The number of nitrogens with one attached hydrogen (secondary N) is 1. The van der Waals surface area contributed by atoms with Gasteiger partial charge in [0.1, 0.15) is 11.6 Å². The topological polar surface area (TPSA) is 93.3 Å². The average Bonchev–Trinajstić information content (AvgIpc) is 2.51. The number of benzene rings is 1. The van der Waals surface area contributed by atoms with Crippen molar-refractivity contribution in [3.63, 3.8) is 0 Å². The fourth-order valence-corrected chi connectivity index (χ4v) is 2.45. The maximum absolute atomic E-state index is 9.24. The van der Waals surface area contributed by atoms with Gasteiger partial charge in [0, 0.05) is 24.1 Å². The fourth-order valence-electron chi connectivity index (χ4n) is 2.45. The van der Waals surface area contributed by atoms with Crippen LogP contribution in [0, 0.1) is 0 Å². The lowest BCUT2D eigenvalue weighted by atomic mass is 10.1. The number of ether oxygens (including phenoxy) is 1. The minimum Gasteiger partial charge on any atom is -0.497 e. The molecule has 1 aromatic heterocycles. The summed E-state index contributed by atoms with van der Waals surface area (Å²) in [5, 5.41) is 13.5. The Morgan fingerprint density at radius 1 is 1.30 bits per heavy atom. The van der Waals surface area contributed by atoms with Gasteiger partial charge in [-0.2, -0.15) is 18.5 Å². The number of aliphatic hydroxyl groups is 1. The molecule has 0 aliphatic rings. The molecule has 6 nitrogen and oxygen atoms in total. The predicted molar refractivity (Wildman–Crippen MR) is 99.5 cm³/mol. The van der Waals surface area contributed by atoms with E-state index in [2.05, 4.69) is 22.2 Å². The Bertz CT molecular complexity index is 624. The van der Waals surface area contributed by atoms with Crippen LogP contribution in [0.5, 0.6) is 5.75 Å². The smallest absolute Gasteiger partial charge is 0.222 e. The lowest BCUT2D eigenvalue weighted by Crippen LogP contribution is -2.22. The molecule has 1 heterocycles. The van der Waals surface area contributed by atoms with Gasteiger partial charge in [0.2, 0.25) is 5.95 Å². The van der Waals surface area contributed by atoms with Gasteiger partial charge in [-0.05, 0) is 25.0 Å². The highest BCUT2D eigenvalue weighted by atomic mass is 32.1. The lowest BCUT2D eigenvalue weighted by molar-refractivity contribution is 0.276. The van der Waals surface area contributed by atoms with Crippen molar-refractivity contribution in [3.05, 3.63) is 18.2 Å². The minimum atomic E-state index is 0. The van der Waals surface area contributed by atoms with E-state index >= 15 is 0 Å². The second kappa shape index (κ2) is 9.42. The van der Waals surface area contributed by atoms with Crippen LogP contribution in [0.3, 0.4) is 0 Å². The number of nitrogen functional groups attached to an aromatic ring is 1. The van der Waals surface area contributed by atoms with E-state index in [9.17, 15) is 5.11 Å². The lowest BCUT2D eigenvalue weighted by Gasteiger charge is -2.19. The van der Waals surface area contributed by atoms with Crippen LogP contribution in [0.2, 0.25) is 0 Å². The highest BCUT2D eigenvalue weighted by Gasteiger charge is 2.13. The number of fused-ring (bicyclic) bond motifs is 1. The van der Waals surface area contributed by atoms with E-state index in [1.54, 1.807) is 7.11 Å². The number of aliphatic hydroxyl groups excluding tert-OH is 1. The molecular weight excluding hydrogens is 312 g/mol. The summed E-state index contributed by atoms with van der Waals surface area (Å²) >= 11 is 0. The summed E-state index contributed by atoms with van der Waals surface area (Å²) in [5.74, 6) is 1.66. The Morgan fingerprint density at radius 2 is 2.09 bits per heavy atom. The van der Waals surface area contributed by atoms with Crippen LogP contribution in [-0.4, -0.2) is 34.8 Å². The van der Waals surface area contributed by atoms with Gasteiger partial charge in [-0.3, -0.25) is 0 Å². The molecule has 0 fully saturated rings. The second-order valence-corrected chi connectivity index (χ2v) is 5.31. The summed E-state index contributed by atoms with van der Waals surface area (Å²) in [6.07, 6.45) is 3.89. The molecule has 0 unspecified atom stereocenters. The van der Waals surface area contributed by atoms with Crippen molar-refractivity contribution in [1.82, 2.24) is 9.97 Å². The molecule has 0 saturated heterocycles. The maximum Gasteiger partial charge on any atom is 0.222 e. The van der Waals surface area contributed by atoms with E-state index < -0.39 is 0 Å². The summed E-state index contributed by atoms with van der Waals surface area (Å²) in [6, 6.07) is 5.81. The molecule has 1 atom stereocenters. The van der Waals surface area contributed by atoms with Gasteiger partial charge in [-0.15, -0.1) is 0 Å². The van der Waals surface area contributed by atoms with E-state index in [4.69, 9.17) is 10.5 Å². The summed E-state index contributed by atoms with van der Waals surface area (Å²) in [5.41, 5.74) is 6.56. The molecule has 2 rings (SSSR count). The first kappa shape index (κ1) is 19.3. The van der Waals surface area contributed by atoms with Gasteiger partial charge in [-0.25, -0.2) is 4.98 Å². The first-order chi connectivity index (χ1) is 10.7. The van der Waals surface area contributed by atoms with E-state index in [1.165, 1.54) is 0 Å². The van der Waals surface area contributed by atoms with Gasteiger partial charge < -0.3 is 20.9 Å². The molecule has 0 radical (unpaired) electrons. The summed E-state index contributed by atoms with van der Waals surface area (Å²) in [4.78, 5) is 8.58. The molecule has 0 aliphatic heterocycles. The summed E-state index contributed by atoms with van der Waals surface area (Å²) in [7, 11) is 1.62. The number of nitrogens with two attached hydrogens (primary N) is 1. The molecule has 7 heteroatoms. The van der Waals surface area contributed by atoms with Gasteiger partial charge in [0.05, 0.1) is 12.6 Å². The molecular formula is C16H26N4O2S. The molecule has 0 amide bonds. The Balaban J connectivity index is 0.00000264. The minimum absolute atomic E-state index is 0. The molecule has 23 heavy (non-hydrogen) atoms. The van der Waals surface area contributed by atoms with Crippen molar-refractivity contribution >= 4 is 36.2 Å². The number of hydrogen-bond donors (Lipinski definition) is 3. The SMILES string of the molecule is CCCC[C@@H](CCO)Nc1nc(N)nc2cc(OC)ccc12.S. The third-order valence-corrected chi connectivity index (χ3v) is 3.65. The van der Waals surface area contributed by atoms with Crippen LogP contribution in [-0.2, 0) is 0 Å². The van der Waals surface area contributed by atoms with Crippen LogP contribution in [0.1, 0.15) is 32.6 Å². The van der Waals surface area contributed by atoms with Crippen molar-refractivity contribution in [3.8, 4) is 5.75 Å². The molecule has 0 aliphatic carbocycles. The molecule has 2 aromatic rings. The van der Waals surface area contributed by atoms with Gasteiger partial charge in [0.15, 0.2) is 0 Å². The molecule has 0 bridgehead atoms. The molecule has 0 saturated carbocycles. The first-order valence-electron chi connectivity index (χ1n) is 7.66. The third kappa shape index (κ3) is 5.14. The predicted octanol–water partition coefficient (Wildman–Crippen LogP) is 2.69. The number of aromatic nitrogens is 2. The molecule has 4 N–H and O–H groups in total. The summed E-state index contributed by atoms with van der Waals surface area (Å²) in [6.45, 7) is 2.30. The van der Waals surface area contributed by atoms with Crippen molar-refractivity contribution in [2.24, 2.45) is 0 Å². The van der Waals surface area contributed by atoms with Crippen LogP contribution in [0.4, 0.5) is 11.8 Å². The van der Waals surface area contributed by atoms with Crippen molar-refractivity contribution in [2.75, 3.05) is 24.8 Å². The highest BCUT2D eigenvalue weighted by molar-refractivity contribution is 7.59. The number of methoxy groups -OCH3 is 1. The quantitative estimate of drug-likeness (QED) is 0.685. The fraction of sp³-hybridized carbons (Fsp3) is 0.500. The van der Waals surface area contributed by atoms with Crippen molar-refractivity contribution < 1.29 is 9.84 Å². The molecule has 0 spiro atoms. The summed E-state index contributed by atoms with van der Waals surface area (Å²) < 4.78 is 5.22. The number of nitrogens with zero attached hydrogens (tertiary/aromatic N) is 2. The van der Waals surface area contributed by atoms with E-state index in [0.717, 1.165) is 35.9 Å². The Kier molecular flexibility index (Phi) is 7.91. The van der Waals surface area contributed by atoms with Gasteiger partial charge in [-0.1, -0.05) is 19.8 Å². The average molecular weight is 338 g/mol. The van der Waals surface area contributed by atoms with Gasteiger partial charge >= 0.3 is 0 Å². The molecule has 128 valence electrons. The number of hydrogen-bond acceptors (Lipinski definition) is 6. The highest BCUT2D eigenvalue weighted by Crippen LogP contribution is 2.26.